The molecule has 2 heteroatoms. The molecule has 0 bridgehead atoms. The standard InChI is InChI=1S/C8H8O.C4H6O/c1-2-7-3-5-8(9)6-4-7;1-3-5-4-2/h2-6,9H,1H2;3-4H,1-2H2. The van der Waals surface area contributed by atoms with Gasteiger partial charge in [0.05, 0.1) is 12.5 Å². The van der Waals surface area contributed by atoms with Gasteiger partial charge in [0.25, 0.3) is 0 Å². The van der Waals surface area contributed by atoms with E-state index in [1.807, 2.05) is 12.1 Å². The zero-order valence-electron chi connectivity index (χ0n) is 8.02. The molecule has 0 radical (unpaired) electrons. The summed E-state index contributed by atoms with van der Waals surface area (Å²) in [4.78, 5) is 0. The molecule has 0 spiro atoms. The summed E-state index contributed by atoms with van der Waals surface area (Å²) in [6.45, 7) is 10.1. The van der Waals surface area contributed by atoms with E-state index >= 15 is 0 Å². The molecule has 1 rings (SSSR count). The molecule has 0 fully saturated rings. The van der Waals surface area contributed by atoms with Crippen LogP contribution in [0.15, 0.2) is 56.5 Å². The van der Waals surface area contributed by atoms with E-state index < -0.39 is 0 Å². The second-order valence-corrected chi connectivity index (χ2v) is 2.27. The van der Waals surface area contributed by atoms with Crippen molar-refractivity contribution in [3.63, 3.8) is 0 Å². The smallest absolute Gasteiger partial charge is 0.115 e. The van der Waals surface area contributed by atoms with E-state index in [0.29, 0.717) is 5.75 Å². The van der Waals surface area contributed by atoms with Gasteiger partial charge in [0.15, 0.2) is 0 Å². The Morgan fingerprint density at radius 1 is 1.00 bits per heavy atom. The molecule has 0 unspecified atom stereocenters. The lowest BCUT2D eigenvalue weighted by molar-refractivity contribution is 0.406. The Kier molecular flexibility index (Phi) is 6.60. The average molecular weight is 190 g/mol. The van der Waals surface area contributed by atoms with E-state index in [0.717, 1.165) is 5.56 Å². The monoisotopic (exact) mass is 190 g/mol. The van der Waals surface area contributed by atoms with Crippen molar-refractivity contribution in [1.29, 1.82) is 0 Å². The first-order chi connectivity index (χ1) is 6.74. The molecule has 0 saturated heterocycles. The quantitative estimate of drug-likeness (QED) is 0.741. The van der Waals surface area contributed by atoms with Crippen LogP contribution in [-0.4, -0.2) is 5.11 Å². The van der Waals surface area contributed by atoms with Crippen LogP contribution in [0.25, 0.3) is 6.08 Å². The maximum absolute atomic E-state index is 8.82. The summed E-state index contributed by atoms with van der Waals surface area (Å²) in [7, 11) is 0. The van der Waals surface area contributed by atoms with Crippen molar-refractivity contribution >= 4 is 6.08 Å². The third-order valence-electron chi connectivity index (χ3n) is 1.32. The first kappa shape index (κ1) is 12.0. The lowest BCUT2D eigenvalue weighted by Gasteiger charge is -1.90. The number of hydrogen-bond donors (Lipinski definition) is 1. The third-order valence-corrected chi connectivity index (χ3v) is 1.32. The molecule has 74 valence electrons. The predicted molar refractivity (Wildman–Crippen MR) is 59.7 cm³/mol. The highest BCUT2D eigenvalue weighted by Crippen LogP contribution is 2.09. The Labute approximate surface area is 84.5 Å². The van der Waals surface area contributed by atoms with Crippen molar-refractivity contribution in [2.24, 2.45) is 0 Å². The number of aromatic hydroxyl groups is 1. The van der Waals surface area contributed by atoms with Crippen molar-refractivity contribution in [2.45, 2.75) is 0 Å². The molecule has 2 nitrogen and oxygen atoms in total. The van der Waals surface area contributed by atoms with Crippen LogP contribution < -0.4 is 0 Å². The molecular weight excluding hydrogens is 176 g/mol. The minimum atomic E-state index is 0.292. The predicted octanol–water partition coefficient (Wildman–Crippen LogP) is 3.33. The first-order valence-corrected chi connectivity index (χ1v) is 4.03. The molecule has 14 heavy (non-hydrogen) atoms. The Morgan fingerprint density at radius 3 is 1.79 bits per heavy atom. The highest BCUT2D eigenvalue weighted by atomic mass is 16.5. The van der Waals surface area contributed by atoms with E-state index in [9.17, 15) is 0 Å². The molecule has 0 aromatic heterocycles. The maximum atomic E-state index is 8.82. The van der Waals surface area contributed by atoms with E-state index in [-0.39, 0.29) is 0 Å². The van der Waals surface area contributed by atoms with Crippen molar-refractivity contribution in [3.05, 3.63) is 62.1 Å². The van der Waals surface area contributed by atoms with Crippen molar-refractivity contribution < 1.29 is 9.84 Å². The van der Waals surface area contributed by atoms with Gasteiger partial charge in [-0.1, -0.05) is 37.9 Å². The van der Waals surface area contributed by atoms with Gasteiger partial charge in [0, 0.05) is 0 Å². The van der Waals surface area contributed by atoms with E-state index in [4.69, 9.17) is 5.11 Å². The van der Waals surface area contributed by atoms with Gasteiger partial charge >= 0.3 is 0 Å². The zero-order valence-corrected chi connectivity index (χ0v) is 8.02. The first-order valence-electron chi connectivity index (χ1n) is 4.03. The zero-order chi connectivity index (χ0) is 10.8. The van der Waals surface area contributed by atoms with E-state index in [2.05, 4.69) is 24.5 Å². The van der Waals surface area contributed by atoms with Crippen LogP contribution in [0, 0.1) is 0 Å². The highest BCUT2D eigenvalue weighted by molar-refractivity contribution is 5.47. The lowest BCUT2D eigenvalue weighted by atomic mass is 10.2. The van der Waals surface area contributed by atoms with Crippen LogP contribution in [0.2, 0.25) is 0 Å². The highest BCUT2D eigenvalue weighted by Gasteiger charge is 1.84. The maximum Gasteiger partial charge on any atom is 0.115 e. The molecule has 1 N–H and O–H groups in total. The van der Waals surface area contributed by atoms with Gasteiger partial charge in [-0.2, -0.15) is 0 Å². The molecule has 0 heterocycles. The van der Waals surface area contributed by atoms with Gasteiger partial charge < -0.3 is 9.84 Å². The van der Waals surface area contributed by atoms with Gasteiger partial charge in [-0.15, -0.1) is 0 Å². The van der Waals surface area contributed by atoms with Gasteiger partial charge in [-0.25, -0.2) is 0 Å². The van der Waals surface area contributed by atoms with Gasteiger partial charge in [-0.05, 0) is 17.7 Å². The average Bonchev–Trinajstić information content (AvgIpc) is 2.21. The van der Waals surface area contributed by atoms with E-state index in [1.54, 1.807) is 18.2 Å². The van der Waals surface area contributed by atoms with Crippen LogP contribution in [0.3, 0.4) is 0 Å². The normalized spacial score (nSPS) is 7.71. The molecule has 0 amide bonds. The molecule has 1 aromatic carbocycles. The summed E-state index contributed by atoms with van der Waals surface area (Å²) >= 11 is 0. The molecule has 0 aliphatic heterocycles. The number of benzene rings is 1. The molecule has 1 aromatic rings. The van der Waals surface area contributed by atoms with Gasteiger partial charge in [-0.3, -0.25) is 0 Å². The summed E-state index contributed by atoms with van der Waals surface area (Å²) < 4.78 is 4.36. The second kappa shape index (κ2) is 7.68. The fourth-order valence-corrected chi connectivity index (χ4v) is 0.678. The Morgan fingerprint density at radius 2 is 1.50 bits per heavy atom. The molecular formula is C12H14O2. The summed E-state index contributed by atoms with van der Waals surface area (Å²) in [5.41, 5.74) is 1.02. The number of phenols is 1. The fourth-order valence-electron chi connectivity index (χ4n) is 0.678. The Hall–Kier alpha value is -1.96. The number of ether oxygens (including phenoxy) is 1. The Balaban J connectivity index is 0.000000292. The fraction of sp³-hybridized carbons (Fsp3) is 0. The van der Waals surface area contributed by atoms with Crippen LogP contribution >= 0.6 is 0 Å². The lowest BCUT2D eigenvalue weighted by Crippen LogP contribution is -1.67. The Bertz CT molecular complexity index is 280. The van der Waals surface area contributed by atoms with E-state index in [1.165, 1.54) is 12.5 Å². The van der Waals surface area contributed by atoms with Crippen LogP contribution in [-0.2, 0) is 4.74 Å². The van der Waals surface area contributed by atoms with Crippen molar-refractivity contribution in [2.75, 3.05) is 0 Å². The van der Waals surface area contributed by atoms with Crippen LogP contribution in [0.4, 0.5) is 0 Å². The SMILES string of the molecule is C=COC=C.C=Cc1ccc(O)cc1. The minimum Gasteiger partial charge on any atom is -0.508 e. The van der Waals surface area contributed by atoms with Gasteiger partial charge in [0.1, 0.15) is 5.75 Å². The number of rotatable bonds is 3. The number of phenolic OH excluding ortho intramolecular Hbond substituents is 1. The summed E-state index contributed by atoms with van der Waals surface area (Å²) in [5.74, 6) is 0.292. The molecule has 0 aliphatic carbocycles. The van der Waals surface area contributed by atoms with Crippen LogP contribution in [0.1, 0.15) is 5.56 Å². The minimum absolute atomic E-state index is 0.292. The van der Waals surface area contributed by atoms with Gasteiger partial charge in [0.2, 0.25) is 0 Å². The van der Waals surface area contributed by atoms with Crippen molar-refractivity contribution in [1.82, 2.24) is 0 Å². The summed E-state index contributed by atoms with van der Waals surface area (Å²) in [6.07, 6.45) is 4.36. The molecule has 0 saturated carbocycles. The summed E-state index contributed by atoms with van der Waals surface area (Å²) in [5, 5.41) is 8.82. The summed E-state index contributed by atoms with van der Waals surface area (Å²) in [6, 6.07) is 6.89. The second-order valence-electron chi connectivity index (χ2n) is 2.27. The molecule has 0 atom stereocenters. The number of hydrogen-bond acceptors (Lipinski definition) is 2. The topological polar surface area (TPSA) is 29.5 Å². The van der Waals surface area contributed by atoms with Crippen molar-refractivity contribution in [3.8, 4) is 5.75 Å². The molecule has 0 aliphatic rings. The van der Waals surface area contributed by atoms with Crippen LogP contribution in [0.5, 0.6) is 5.75 Å². The third kappa shape index (κ3) is 5.66. The largest absolute Gasteiger partial charge is 0.508 e.